The van der Waals surface area contributed by atoms with Gasteiger partial charge >= 0.3 is 0 Å². The van der Waals surface area contributed by atoms with Crippen LogP contribution in [0.2, 0.25) is 0 Å². The zero-order valence-electron chi connectivity index (χ0n) is 11.4. The number of carbonyl (C=O) groups is 2. The average Bonchev–Trinajstić information content (AvgIpc) is 2.98. The summed E-state index contributed by atoms with van der Waals surface area (Å²) in [5.41, 5.74) is 0.609. The van der Waals surface area contributed by atoms with Crippen molar-refractivity contribution in [3.63, 3.8) is 0 Å². The summed E-state index contributed by atoms with van der Waals surface area (Å²) >= 11 is 1.38. The van der Waals surface area contributed by atoms with E-state index in [1.165, 1.54) is 11.3 Å². The van der Waals surface area contributed by atoms with Crippen LogP contribution < -0.4 is 10.6 Å². The number of allylic oxidation sites excluding steroid dienone is 1. The molecule has 2 amide bonds. The fraction of sp³-hybridized carbons (Fsp3) is 0.462. The van der Waals surface area contributed by atoms with Gasteiger partial charge < -0.3 is 10.6 Å². The third-order valence-corrected chi connectivity index (χ3v) is 3.72. The molecule has 0 aliphatic carbocycles. The number of thiazole rings is 1. The number of hydrogen-bond donors (Lipinski definition) is 2. The van der Waals surface area contributed by atoms with Crippen molar-refractivity contribution in [3.05, 3.63) is 23.9 Å². The van der Waals surface area contributed by atoms with Crippen molar-refractivity contribution >= 4 is 28.3 Å². The minimum absolute atomic E-state index is 0.0967. The minimum atomic E-state index is -0.269. The van der Waals surface area contributed by atoms with Crippen LogP contribution in [0, 0.1) is 0 Å². The van der Waals surface area contributed by atoms with Crippen molar-refractivity contribution in [2.45, 2.75) is 25.8 Å². The van der Waals surface area contributed by atoms with E-state index in [1.807, 2.05) is 10.3 Å². The van der Waals surface area contributed by atoms with E-state index in [9.17, 15) is 9.59 Å². The molecule has 0 spiro atoms. The van der Waals surface area contributed by atoms with Crippen molar-refractivity contribution in [2.24, 2.45) is 0 Å². The number of nitrogens with one attached hydrogen (secondary N) is 2. The first-order valence-electron chi connectivity index (χ1n) is 6.46. The number of nitrogens with zero attached hydrogens (tertiary/aromatic N) is 2. The maximum Gasteiger partial charge on any atom is 0.243 e. The molecule has 1 aliphatic rings. The van der Waals surface area contributed by atoms with Crippen molar-refractivity contribution in [1.29, 1.82) is 0 Å². The highest BCUT2D eigenvalue weighted by Crippen LogP contribution is 2.19. The van der Waals surface area contributed by atoms with E-state index in [4.69, 9.17) is 0 Å². The van der Waals surface area contributed by atoms with Gasteiger partial charge in [-0.2, -0.15) is 0 Å². The summed E-state index contributed by atoms with van der Waals surface area (Å²) in [7, 11) is 0. The largest absolute Gasteiger partial charge is 0.330 e. The van der Waals surface area contributed by atoms with E-state index in [1.54, 1.807) is 13.1 Å². The lowest BCUT2D eigenvalue weighted by Gasteiger charge is -2.22. The highest BCUT2D eigenvalue weighted by molar-refractivity contribution is 7.13. The van der Waals surface area contributed by atoms with Gasteiger partial charge in [-0.25, -0.2) is 4.98 Å². The number of likely N-dealkylation sites (tertiary alicyclic amines) is 1. The molecule has 0 saturated carbocycles. The molecule has 1 unspecified atom stereocenters. The van der Waals surface area contributed by atoms with Gasteiger partial charge in [0.15, 0.2) is 5.13 Å². The van der Waals surface area contributed by atoms with Crippen LogP contribution in [0.3, 0.4) is 0 Å². The van der Waals surface area contributed by atoms with Crippen LogP contribution in [-0.4, -0.2) is 40.8 Å². The first-order chi connectivity index (χ1) is 9.56. The van der Waals surface area contributed by atoms with E-state index in [-0.39, 0.29) is 24.4 Å². The summed E-state index contributed by atoms with van der Waals surface area (Å²) in [5.74, 6) is -0.230. The maximum atomic E-state index is 12.2. The van der Waals surface area contributed by atoms with Gasteiger partial charge in [-0.1, -0.05) is 6.58 Å². The van der Waals surface area contributed by atoms with Crippen LogP contribution >= 0.6 is 11.3 Å². The van der Waals surface area contributed by atoms with Crippen molar-refractivity contribution in [3.8, 4) is 0 Å². The predicted octanol–water partition coefficient (Wildman–Crippen LogP) is 1.20. The summed E-state index contributed by atoms with van der Waals surface area (Å²) in [4.78, 5) is 29.9. The standard InChI is InChI=1S/C13H18N4O2S/c1-9(2)15-11(18)8-17-6-3-4-10(17)12(19)16-13-14-5-7-20-13/h5,7,10H,1,3-4,6,8H2,2H3,(H,15,18)(H,14,16,19). The molecule has 0 radical (unpaired) electrons. The third kappa shape index (κ3) is 3.88. The minimum Gasteiger partial charge on any atom is -0.330 e. The molecule has 1 aliphatic heterocycles. The Morgan fingerprint density at radius 1 is 1.60 bits per heavy atom. The molecule has 108 valence electrons. The second-order valence-electron chi connectivity index (χ2n) is 4.78. The molecule has 1 atom stereocenters. The second-order valence-corrected chi connectivity index (χ2v) is 5.68. The zero-order valence-corrected chi connectivity index (χ0v) is 12.2. The predicted molar refractivity (Wildman–Crippen MR) is 78.3 cm³/mol. The maximum absolute atomic E-state index is 12.2. The van der Waals surface area contributed by atoms with Gasteiger partial charge in [0, 0.05) is 17.3 Å². The molecule has 1 aromatic heterocycles. The molecule has 0 bridgehead atoms. The Bertz CT molecular complexity index is 500. The van der Waals surface area contributed by atoms with Crippen LogP contribution in [0.5, 0.6) is 0 Å². The molecule has 2 rings (SSSR count). The Labute approximate surface area is 121 Å². The Kier molecular flexibility index (Phi) is 4.86. The Morgan fingerprint density at radius 2 is 2.40 bits per heavy atom. The van der Waals surface area contributed by atoms with Gasteiger partial charge in [-0.3, -0.25) is 14.5 Å². The van der Waals surface area contributed by atoms with Crippen molar-refractivity contribution in [2.75, 3.05) is 18.4 Å². The Hall–Kier alpha value is -1.73. The first-order valence-corrected chi connectivity index (χ1v) is 7.34. The molecule has 1 fully saturated rings. The molecule has 1 aromatic rings. The zero-order chi connectivity index (χ0) is 14.5. The van der Waals surface area contributed by atoms with Crippen molar-refractivity contribution < 1.29 is 9.59 Å². The smallest absolute Gasteiger partial charge is 0.243 e. The van der Waals surface area contributed by atoms with Gasteiger partial charge in [-0.15, -0.1) is 11.3 Å². The van der Waals surface area contributed by atoms with Crippen LogP contribution in [0.4, 0.5) is 5.13 Å². The molecule has 0 aromatic carbocycles. The van der Waals surface area contributed by atoms with Gasteiger partial charge in [0.1, 0.15) is 0 Å². The van der Waals surface area contributed by atoms with E-state index < -0.39 is 0 Å². The molecular formula is C13H18N4O2S. The number of carbonyl (C=O) groups excluding carboxylic acids is 2. The van der Waals surface area contributed by atoms with E-state index >= 15 is 0 Å². The lowest BCUT2D eigenvalue weighted by molar-refractivity contribution is -0.124. The monoisotopic (exact) mass is 294 g/mol. The van der Waals surface area contributed by atoms with Crippen molar-refractivity contribution in [1.82, 2.24) is 15.2 Å². The SMILES string of the molecule is C=C(C)NC(=O)CN1CCCC1C(=O)Nc1nccs1. The number of rotatable bonds is 5. The summed E-state index contributed by atoms with van der Waals surface area (Å²) < 4.78 is 0. The van der Waals surface area contributed by atoms with E-state index in [2.05, 4.69) is 22.2 Å². The van der Waals surface area contributed by atoms with Crippen LogP contribution in [0.1, 0.15) is 19.8 Å². The molecule has 2 N–H and O–H groups in total. The molecular weight excluding hydrogens is 276 g/mol. The van der Waals surface area contributed by atoms with Gasteiger partial charge in [-0.05, 0) is 26.3 Å². The van der Waals surface area contributed by atoms with Gasteiger partial charge in [0.05, 0.1) is 12.6 Å². The molecule has 20 heavy (non-hydrogen) atoms. The topological polar surface area (TPSA) is 74.3 Å². The number of hydrogen-bond acceptors (Lipinski definition) is 5. The highest BCUT2D eigenvalue weighted by Gasteiger charge is 2.32. The van der Waals surface area contributed by atoms with E-state index in [0.717, 1.165) is 19.4 Å². The number of anilines is 1. The summed E-state index contributed by atoms with van der Waals surface area (Å²) in [6.07, 6.45) is 3.32. The number of amides is 2. The molecule has 7 heteroatoms. The fourth-order valence-electron chi connectivity index (χ4n) is 2.25. The molecule has 6 nitrogen and oxygen atoms in total. The van der Waals surface area contributed by atoms with Gasteiger partial charge in [0.25, 0.3) is 0 Å². The quantitative estimate of drug-likeness (QED) is 0.855. The van der Waals surface area contributed by atoms with Gasteiger partial charge in [0.2, 0.25) is 11.8 Å². The Morgan fingerprint density at radius 3 is 3.05 bits per heavy atom. The normalized spacial score (nSPS) is 18.8. The van der Waals surface area contributed by atoms with Crippen LogP contribution in [0.25, 0.3) is 0 Å². The first kappa shape index (κ1) is 14.7. The lowest BCUT2D eigenvalue weighted by atomic mass is 10.2. The number of aromatic nitrogens is 1. The lowest BCUT2D eigenvalue weighted by Crippen LogP contribution is -2.44. The molecule has 2 heterocycles. The van der Waals surface area contributed by atoms with Crippen LogP contribution in [-0.2, 0) is 9.59 Å². The summed E-state index contributed by atoms with van der Waals surface area (Å²) in [5, 5.41) is 7.84. The second kappa shape index (κ2) is 6.62. The summed E-state index contributed by atoms with van der Waals surface area (Å²) in [6, 6.07) is -0.269. The van der Waals surface area contributed by atoms with E-state index in [0.29, 0.717) is 10.8 Å². The third-order valence-electron chi connectivity index (χ3n) is 3.03. The highest BCUT2D eigenvalue weighted by atomic mass is 32.1. The average molecular weight is 294 g/mol. The fourth-order valence-corrected chi connectivity index (χ4v) is 2.78. The summed E-state index contributed by atoms with van der Waals surface area (Å²) in [6.45, 7) is 6.33. The molecule has 1 saturated heterocycles. The Balaban J connectivity index is 1.91. The van der Waals surface area contributed by atoms with Crippen LogP contribution in [0.15, 0.2) is 23.9 Å².